The van der Waals surface area contributed by atoms with Crippen molar-refractivity contribution in [1.82, 2.24) is 9.97 Å². The maximum Gasteiger partial charge on any atom is 0.238 e. The molecular weight excluding hydrogens is 226 g/mol. The second kappa shape index (κ2) is 3.99. The van der Waals surface area contributed by atoms with Gasteiger partial charge in [-0.05, 0) is 18.2 Å². The lowest BCUT2D eigenvalue weighted by Gasteiger charge is -2.02. The van der Waals surface area contributed by atoms with Crippen LogP contribution in [0.2, 0.25) is 0 Å². The van der Waals surface area contributed by atoms with E-state index >= 15 is 0 Å². The van der Waals surface area contributed by atoms with E-state index in [1.807, 2.05) is 0 Å². The minimum absolute atomic E-state index is 0.0728. The molecule has 0 aliphatic rings. The molecule has 0 radical (unpaired) electrons. The van der Waals surface area contributed by atoms with Crippen LogP contribution in [-0.2, 0) is 10.0 Å². The largest absolute Gasteiger partial charge is 0.245 e. The van der Waals surface area contributed by atoms with Crippen molar-refractivity contribution in [1.29, 1.82) is 0 Å². The summed E-state index contributed by atoms with van der Waals surface area (Å²) in [6.45, 7) is 0. The smallest absolute Gasteiger partial charge is 0.238 e. The molecule has 1 aromatic carbocycles. The van der Waals surface area contributed by atoms with Gasteiger partial charge in [0.1, 0.15) is 6.33 Å². The van der Waals surface area contributed by atoms with Gasteiger partial charge in [-0.2, -0.15) is 0 Å². The van der Waals surface area contributed by atoms with Crippen LogP contribution >= 0.6 is 0 Å². The van der Waals surface area contributed by atoms with Crippen molar-refractivity contribution in [3.05, 3.63) is 42.9 Å². The van der Waals surface area contributed by atoms with Gasteiger partial charge in [0.2, 0.25) is 10.0 Å². The highest BCUT2D eigenvalue weighted by Crippen LogP contribution is 2.18. The van der Waals surface area contributed by atoms with Crippen molar-refractivity contribution in [2.45, 2.75) is 4.90 Å². The van der Waals surface area contributed by atoms with Crippen LogP contribution in [0.25, 0.3) is 11.3 Å². The fourth-order valence-corrected chi connectivity index (χ4v) is 1.85. The number of benzene rings is 1. The van der Waals surface area contributed by atoms with Gasteiger partial charge >= 0.3 is 0 Å². The molecule has 2 N–H and O–H groups in total. The maximum atomic E-state index is 11.2. The molecule has 0 bridgehead atoms. The van der Waals surface area contributed by atoms with E-state index in [4.69, 9.17) is 5.14 Å². The van der Waals surface area contributed by atoms with E-state index in [-0.39, 0.29) is 4.90 Å². The lowest BCUT2D eigenvalue weighted by atomic mass is 10.1. The Hall–Kier alpha value is -1.79. The quantitative estimate of drug-likeness (QED) is 0.833. The zero-order chi connectivity index (χ0) is 11.6. The number of nitrogens with two attached hydrogens (primary N) is 1. The predicted molar refractivity (Wildman–Crippen MR) is 58.8 cm³/mol. The Morgan fingerprint density at radius 3 is 2.62 bits per heavy atom. The molecular formula is C10H9N3O2S. The number of aromatic nitrogens is 2. The minimum atomic E-state index is -3.68. The molecule has 0 spiro atoms. The highest BCUT2D eigenvalue weighted by atomic mass is 32.2. The Labute approximate surface area is 93.0 Å². The molecule has 0 unspecified atom stereocenters. The molecule has 0 amide bonds. The first-order valence-electron chi connectivity index (χ1n) is 4.46. The van der Waals surface area contributed by atoms with Gasteiger partial charge in [0.15, 0.2) is 0 Å². The highest BCUT2D eigenvalue weighted by molar-refractivity contribution is 7.89. The van der Waals surface area contributed by atoms with Crippen molar-refractivity contribution in [2.75, 3.05) is 0 Å². The molecule has 0 aliphatic carbocycles. The normalized spacial score (nSPS) is 11.3. The van der Waals surface area contributed by atoms with E-state index in [0.29, 0.717) is 11.3 Å². The van der Waals surface area contributed by atoms with Gasteiger partial charge in [0, 0.05) is 11.8 Å². The third kappa shape index (κ3) is 2.23. The SMILES string of the molecule is NS(=O)(=O)c1cccc(-c2ccncn2)c1. The Kier molecular flexibility index (Phi) is 2.67. The van der Waals surface area contributed by atoms with E-state index < -0.39 is 10.0 Å². The van der Waals surface area contributed by atoms with Gasteiger partial charge in [-0.25, -0.2) is 23.5 Å². The van der Waals surface area contributed by atoms with Gasteiger partial charge in [0.05, 0.1) is 10.6 Å². The number of sulfonamides is 1. The van der Waals surface area contributed by atoms with E-state index in [1.165, 1.54) is 18.5 Å². The first kappa shape index (κ1) is 10.7. The summed E-state index contributed by atoms with van der Waals surface area (Å²) in [6, 6.07) is 8.01. The third-order valence-electron chi connectivity index (χ3n) is 2.04. The van der Waals surface area contributed by atoms with Gasteiger partial charge in [-0.15, -0.1) is 0 Å². The molecule has 5 nitrogen and oxygen atoms in total. The molecule has 2 aromatic rings. The fraction of sp³-hybridized carbons (Fsp3) is 0. The Morgan fingerprint density at radius 2 is 2.00 bits per heavy atom. The summed E-state index contributed by atoms with van der Waals surface area (Å²) < 4.78 is 22.3. The first-order valence-corrected chi connectivity index (χ1v) is 6.01. The van der Waals surface area contributed by atoms with Gasteiger partial charge in [-0.1, -0.05) is 12.1 Å². The summed E-state index contributed by atoms with van der Waals surface area (Å²) in [5.41, 5.74) is 1.34. The number of hydrogen-bond acceptors (Lipinski definition) is 4. The second-order valence-electron chi connectivity index (χ2n) is 3.17. The van der Waals surface area contributed by atoms with Crippen molar-refractivity contribution < 1.29 is 8.42 Å². The molecule has 82 valence electrons. The minimum Gasteiger partial charge on any atom is -0.245 e. The van der Waals surface area contributed by atoms with Gasteiger partial charge < -0.3 is 0 Å². The van der Waals surface area contributed by atoms with Crippen LogP contribution in [0.3, 0.4) is 0 Å². The van der Waals surface area contributed by atoms with Crippen molar-refractivity contribution in [3.63, 3.8) is 0 Å². The molecule has 0 saturated carbocycles. The van der Waals surface area contributed by atoms with Crippen LogP contribution in [0.5, 0.6) is 0 Å². The van der Waals surface area contributed by atoms with Crippen LogP contribution in [0.4, 0.5) is 0 Å². The average Bonchev–Trinajstić information content (AvgIpc) is 2.29. The van der Waals surface area contributed by atoms with Crippen molar-refractivity contribution >= 4 is 10.0 Å². The number of rotatable bonds is 2. The van der Waals surface area contributed by atoms with Crippen LogP contribution in [0.1, 0.15) is 0 Å². The number of nitrogens with zero attached hydrogens (tertiary/aromatic N) is 2. The van der Waals surface area contributed by atoms with Crippen molar-refractivity contribution in [3.8, 4) is 11.3 Å². The van der Waals surface area contributed by atoms with Crippen LogP contribution < -0.4 is 5.14 Å². The van der Waals surface area contributed by atoms with Gasteiger partial charge in [-0.3, -0.25) is 0 Å². The third-order valence-corrected chi connectivity index (χ3v) is 2.95. The molecule has 0 saturated heterocycles. The van der Waals surface area contributed by atoms with Crippen LogP contribution in [0, 0.1) is 0 Å². The molecule has 1 heterocycles. The number of primary sulfonamides is 1. The monoisotopic (exact) mass is 235 g/mol. The summed E-state index contributed by atoms with van der Waals surface area (Å²) in [4.78, 5) is 7.89. The number of hydrogen-bond donors (Lipinski definition) is 1. The standard InChI is InChI=1S/C10H9N3O2S/c11-16(14,15)9-3-1-2-8(6-9)10-4-5-12-7-13-10/h1-7H,(H2,11,14,15). The molecule has 2 rings (SSSR count). The summed E-state index contributed by atoms with van der Waals surface area (Å²) in [6.07, 6.45) is 2.99. The Balaban J connectivity index is 2.53. The summed E-state index contributed by atoms with van der Waals surface area (Å²) >= 11 is 0. The van der Waals surface area contributed by atoms with E-state index in [2.05, 4.69) is 9.97 Å². The van der Waals surface area contributed by atoms with E-state index in [0.717, 1.165) is 0 Å². The second-order valence-corrected chi connectivity index (χ2v) is 4.73. The van der Waals surface area contributed by atoms with E-state index in [9.17, 15) is 8.42 Å². The summed E-state index contributed by atoms with van der Waals surface area (Å²) in [5.74, 6) is 0. The van der Waals surface area contributed by atoms with Gasteiger partial charge in [0.25, 0.3) is 0 Å². The first-order chi connectivity index (χ1) is 7.57. The lowest BCUT2D eigenvalue weighted by Crippen LogP contribution is -2.11. The molecule has 0 aliphatic heterocycles. The molecule has 16 heavy (non-hydrogen) atoms. The van der Waals surface area contributed by atoms with Crippen LogP contribution in [0.15, 0.2) is 47.8 Å². The molecule has 0 fully saturated rings. The Bertz CT molecular complexity index is 596. The molecule has 1 aromatic heterocycles. The topological polar surface area (TPSA) is 85.9 Å². The average molecular weight is 235 g/mol. The highest BCUT2D eigenvalue weighted by Gasteiger charge is 2.08. The summed E-state index contributed by atoms with van der Waals surface area (Å²) in [5, 5.41) is 5.04. The predicted octanol–water partition coefficient (Wildman–Crippen LogP) is 0.791. The Morgan fingerprint density at radius 1 is 1.19 bits per heavy atom. The molecule has 0 atom stereocenters. The lowest BCUT2D eigenvalue weighted by molar-refractivity contribution is 0.598. The molecule has 6 heteroatoms. The summed E-state index contributed by atoms with van der Waals surface area (Å²) in [7, 11) is -3.68. The van der Waals surface area contributed by atoms with E-state index in [1.54, 1.807) is 24.4 Å². The maximum absolute atomic E-state index is 11.2. The zero-order valence-electron chi connectivity index (χ0n) is 8.24. The zero-order valence-corrected chi connectivity index (χ0v) is 9.05. The fourth-order valence-electron chi connectivity index (χ4n) is 1.29. The van der Waals surface area contributed by atoms with Crippen LogP contribution in [-0.4, -0.2) is 18.4 Å². The van der Waals surface area contributed by atoms with Crippen molar-refractivity contribution in [2.24, 2.45) is 5.14 Å².